The lowest BCUT2D eigenvalue weighted by Crippen LogP contribution is -2.47. The Labute approximate surface area is 193 Å². The van der Waals surface area contributed by atoms with Crippen LogP contribution < -0.4 is 10.6 Å². The Morgan fingerprint density at radius 1 is 1.03 bits per heavy atom. The molecule has 2 aliphatic carbocycles. The fourth-order valence-corrected chi connectivity index (χ4v) is 4.89. The van der Waals surface area contributed by atoms with Crippen LogP contribution in [-0.4, -0.2) is 41.8 Å². The van der Waals surface area contributed by atoms with E-state index in [-0.39, 0.29) is 36.8 Å². The molecule has 1 fully saturated rings. The van der Waals surface area contributed by atoms with Crippen LogP contribution in [0, 0.1) is 5.92 Å². The van der Waals surface area contributed by atoms with Gasteiger partial charge in [0.05, 0.1) is 0 Å². The highest BCUT2D eigenvalue weighted by Crippen LogP contribution is 2.44. The SMILES string of the molecule is CCC[C@H](NC(=O)CC1CC(NC(=O)OCC2c3ccccc3-c3ccccc32)C1)C(=O)O. The van der Waals surface area contributed by atoms with Crippen LogP contribution in [0.25, 0.3) is 11.1 Å². The van der Waals surface area contributed by atoms with Gasteiger partial charge in [-0.1, -0.05) is 61.9 Å². The molecule has 2 aromatic rings. The second kappa shape index (κ2) is 10.1. The first-order valence-corrected chi connectivity index (χ1v) is 11.6. The van der Waals surface area contributed by atoms with Gasteiger partial charge in [0.15, 0.2) is 0 Å². The van der Waals surface area contributed by atoms with Gasteiger partial charge in [-0.15, -0.1) is 0 Å². The van der Waals surface area contributed by atoms with Crippen LogP contribution in [0.3, 0.4) is 0 Å². The lowest BCUT2D eigenvalue weighted by Gasteiger charge is -2.35. The number of aliphatic carboxylic acids is 1. The summed E-state index contributed by atoms with van der Waals surface area (Å²) in [5.41, 5.74) is 4.71. The molecule has 0 radical (unpaired) electrons. The molecule has 7 heteroatoms. The van der Waals surface area contributed by atoms with Crippen molar-refractivity contribution in [2.45, 2.75) is 57.0 Å². The maximum absolute atomic E-state index is 12.4. The Balaban J connectivity index is 1.22. The van der Waals surface area contributed by atoms with Crippen molar-refractivity contribution in [2.24, 2.45) is 5.92 Å². The summed E-state index contributed by atoms with van der Waals surface area (Å²) in [5, 5.41) is 14.6. The molecule has 0 saturated heterocycles. The van der Waals surface area contributed by atoms with Crippen LogP contribution in [0.1, 0.15) is 56.1 Å². The number of hydrogen-bond acceptors (Lipinski definition) is 4. The minimum atomic E-state index is -1.01. The number of fused-ring (bicyclic) bond motifs is 3. The van der Waals surface area contributed by atoms with Gasteiger partial charge in [-0.05, 0) is 47.4 Å². The zero-order valence-electron chi connectivity index (χ0n) is 18.8. The molecule has 33 heavy (non-hydrogen) atoms. The molecule has 0 spiro atoms. The van der Waals surface area contributed by atoms with Crippen molar-refractivity contribution in [3.8, 4) is 11.1 Å². The van der Waals surface area contributed by atoms with E-state index >= 15 is 0 Å². The molecule has 7 nitrogen and oxygen atoms in total. The summed E-state index contributed by atoms with van der Waals surface area (Å²) in [6.45, 7) is 2.15. The fraction of sp³-hybridized carbons (Fsp3) is 0.423. The third-order valence-electron chi connectivity index (χ3n) is 6.59. The molecule has 1 saturated carbocycles. The summed E-state index contributed by atoms with van der Waals surface area (Å²) >= 11 is 0. The van der Waals surface area contributed by atoms with Crippen molar-refractivity contribution < 1.29 is 24.2 Å². The van der Waals surface area contributed by atoms with Crippen molar-refractivity contribution in [2.75, 3.05) is 6.61 Å². The fourth-order valence-electron chi connectivity index (χ4n) is 4.89. The topological polar surface area (TPSA) is 105 Å². The van der Waals surface area contributed by atoms with Gasteiger partial charge in [-0.2, -0.15) is 0 Å². The number of amides is 2. The Morgan fingerprint density at radius 3 is 2.21 bits per heavy atom. The summed E-state index contributed by atoms with van der Waals surface area (Å²) < 4.78 is 5.57. The van der Waals surface area contributed by atoms with Crippen LogP contribution in [0.4, 0.5) is 4.79 Å². The van der Waals surface area contributed by atoms with Crippen LogP contribution in [0.5, 0.6) is 0 Å². The highest BCUT2D eigenvalue weighted by Gasteiger charge is 2.34. The molecular formula is C26H30N2O5. The number of hydrogen-bond donors (Lipinski definition) is 3. The van der Waals surface area contributed by atoms with Crippen molar-refractivity contribution in [3.05, 3.63) is 59.7 Å². The molecule has 4 rings (SSSR count). The van der Waals surface area contributed by atoms with E-state index < -0.39 is 18.1 Å². The highest BCUT2D eigenvalue weighted by atomic mass is 16.5. The summed E-state index contributed by atoms with van der Waals surface area (Å²) in [4.78, 5) is 35.7. The maximum Gasteiger partial charge on any atom is 0.407 e. The van der Waals surface area contributed by atoms with Crippen molar-refractivity contribution in [1.82, 2.24) is 10.6 Å². The minimum Gasteiger partial charge on any atom is -0.480 e. The third-order valence-corrected chi connectivity index (χ3v) is 6.59. The Morgan fingerprint density at radius 2 is 1.64 bits per heavy atom. The summed E-state index contributed by atoms with van der Waals surface area (Å²) in [6.07, 6.45) is 2.30. The predicted octanol–water partition coefficient (Wildman–Crippen LogP) is 4.06. The van der Waals surface area contributed by atoms with Crippen molar-refractivity contribution >= 4 is 18.0 Å². The van der Waals surface area contributed by atoms with Gasteiger partial charge in [0.1, 0.15) is 12.6 Å². The monoisotopic (exact) mass is 450 g/mol. The number of carbonyl (C=O) groups is 3. The molecule has 0 unspecified atom stereocenters. The molecule has 174 valence electrons. The first kappa shape index (κ1) is 22.8. The zero-order chi connectivity index (χ0) is 23.4. The van der Waals surface area contributed by atoms with Crippen LogP contribution in [0.15, 0.2) is 48.5 Å². The van der Waals surface area contributed by atoms with Crippen molar-refractivity contribution in [3.63, 3.8) is 0 Å². The standard InChI is InChI=1S/C26H30N2O5/c1-2-7-23(25(30)31)28-24(29)14-16-12-17(13-16)27-26(32)33-15-22-20-10-5-3-8-18(20)19-9-4-6-11-21(19)22/h3-6,8-11,16-17,22-23H,2,7,12-15H2,1H3,(H,27,32)(H,28,29)(H,30,31)/t16?,17?,23-/m0/s1. The molecular weight excluding hydrogens is 420 g/mol. The molecule has 2 aromatic carbocycles. The second-order valence-electron chi connectivity index (χ2n) is 8.96. The second-order valence-corrected chi connectivity index (χ2v) is 8.96. The normalized spacial score (nSPS) is 19.5. The Kier molecular flexibility index (Phi) is 6.96. The first-order chi connectivity index (χ1) is 16.0. The largest absolute Gasteiger partial charge is 0.480 e. The molecule has 0 heterocycles. The molecule has 2 aliphatic rings. The molecule has 3 N–H and O–H groups in total. The summed E-state index contributed by atoms with van der Waals surface area (Å²) in [5.74, 6) is -1.10. The van der Waals surface area contributed by atoms with E-state index in [0.717, 1.165) is 0 Å². The molecule has 0 aliphatic heterocycles. The van der Waals surface area contributed by atoms with Crippen LogP contribution in [0.2, 0.25) is 0 Å². The third kappa shape index (κ3) is 5.18. The molecule has 2 amide bonds. The zero-order valence-corrected chi connectivity index (χ0v) is 18.8. The van der Waals surface area contributed by atoms with Gasteiger partial charge in [0.2, 0.25) is 5.91 Å². The number of carboxylic acid groups (broad SMARTS) is 1. The van der Waals surface area contributed by atoms with Gasteiger partial charge in [-0.25, -0.2) is 9.59 Å². The average Bonchev–Trinajstić information content (AvgIpc) is 3.09. The quantitative estimate of drug-likeness (QED) is 0.534. The van der Waals surface area contributed by atoms with E-state index in [4.69, 9.17) is 9.84 Å². The molecule has 1 atom stereocenters. The van der Waals surface area contributed by atoms with Gasteiger partial charge in [0.25, 0.3) is 0 Å². The lowest BCUT2D eigenvalue weighted by molar-refractivity contribution is -0.142. The number of carbonyl (C=O) groups excluding carboxylic acids is 2. The number of ether oxygens (including phenoxy) is 1. The van der Waals surface area contributed by atoms with Crippen LogP contribution >= 0.6 is 0 Å². The van der Waals surface area contributed by atoms with Gasteiger partial charge in [-0.3, -0.25) is 4.79 Å². The van der Waals surface area contributed by atoms with Gasteiger partial charge in [0, 0.05) is 18.4 Å². The minimum absolute atomic E-state index is 0.0197. The Bertz CT molecular complexity index is 985. The summed E-state index contributed by atoms with van der Waals surface area (Å²) in [6, 6.07) is 15.5. The van der Waals surface area contributed by atoms with Crippen LogP contribution in [-0.2, 0) is 14.3 Å². The van der Waals surface area contributed by atoms with Gasteiger partial charge < -0.3 is 20.5 Å². The van der Waals surface area contributed by atoms with E-state index in [0.29, 0.717) is 25.7 Å². The average molecular weight is 451 g/mol. The number of carboxylic acids is 1. The number of benzene rings is 2. The molecule has 0 aromatic heterocycles. The van der Waals surface area contributed by atoms with E-state index in [2.05, 4.69) is 34.9 Å². The van der Waals surface area contributed by atoms with E-state index in [1.807, 2.05) is 31.2 Å². The van der Waals surface area contributed by atoms with E-state index in [9.17, 15) is 14.4 Å². The Hall–Kier alpha value is -3.35. The predicted molar refractivity (Wildman–Crippen MR) is 124 cm³/mol. The highest BCUT2D eigenvalue weighted by molar-refractivity contribution is 5.83. The number of nitrogens with one attached hydrogen (secondary N) is 2. The maximum atomic E-state index is 12.4. The summed E-state index contributed by atoms with van der Waals surface area (Å²) in [7, 11) is 0. The van der Waals surface area contributed by atoms with E-state index in [1.54, 1.807) is 0 Å². The van der Waals surface area contributed by atoms with E-state index in [1.165, 1.54) is 22.3 Å². The van der Waals surface area contributed by atoms with Crippen molar-refractivity contribution in [1.29, 1.82) is 0 Å². The smallest absolute Gasteiger partial charge is 0.407 e. The first-order valence-electron chi connectivity index (χ1n) is 11.6. The number of alkyl carbamates (subject to hydrolysis) is 1. The molecule has 0 bridgehead atoms. The number of rotatable bonds is 9. The van der Waals surface area contributed by atoms with Gasteiger partial charge >= 0.3 is 12.1 Å². The lowest BCUT2D eigenvalue weighted by atomic mass is 9.78.